The standard InChI is InChI=1S/C18H19NO5/c19-15(10-12-4-2-1-3-5-12)18(23)24-16(17(21)22)11-13-6-8-14(20)9-7-13/h1-9,15-16,20H,10-11,19H2,(H,21,22)/t15-,16?/m0/s1. The van der Waals surface area contributed by atoms with E-state index in [1.54, 1.807) is 12.1 Å². The lowest BCUT2D eigenvalue weighted by atomic mass is 10.1. The number of aromatic hydroxyl groups is 1. The average Bonchev–Trinajstić information content (AvgIpc) is 2.56. The Hall–Kier alpha value is -2.86. The minimum absolute atomic E-state index is 0.000585. The Morgan fingerprint density at radius 1 is 0.958 bits per heavy atom. The van der Waals surface area contributed by atoms with Gasteiger partial charge in [-0.15, -0.1) is 0 Å². The van der Waals surface area contributed by atoms with Gasteiger partial charge >= 0.3 is 11.9 Å². The summed E-state index contributed by atoms with van der Waals surface area (Å²) >= 11 is 0. The minimum Gasteiger partial charge on any atom is -0.508 e. The van der Waals surface area contributed by atoms with E-state index < -0.39 is 24.1 Å². The van der Waals surface area contributed by atoms with Crippen LogP contribution in [0.2, 0.25) is 0 Å². The molecule has 0 saturated carbocycles. The van der Waals surface area contributed by atoms with E-state index in [1.165, 1.54) is 12.1 Å². The molecule has 24 heavy (non-hydrogen) atoms. The van der Waals surface area contributed by atoms with Crippen molar-refractivity contribution in [3.8, 4) is 5.75 Å². The SMILES string of the molecule is N[C@@H](Cc1ccccc1)C(=O)OC(Cc1ccc(O)cc1)C(=O)O. The van der Waals surface area contributed by atoms with Crippen LogP contribution in [-0.4, -0.2) is 34.3 Å². The largest absolute Gasteiger partial charge is 0.508 e. The van der Waals surface area contributed by atoms with Gasteiger partial charge in [0.05, 0.1) is 0 Å². The van der Waals surface area contributed by atoms with Crippen molar-refractivity contribution in [3.05, 3.63) is 65.7 Å². The number of phenolic OH excluding ortho intramolecular Hbond substituents is 1. The predicted octanol–water partition coefficient (Wildman–Crippen LogP) is 1.50. The summed E-state index contributed by atoms with van der Waals surface area (Å²) in [6.45, 7) is 0. The zero-order valence-corrected chi connectivity index (χ0v) is 13.0. The van der Waals surface area contributed by atoms with Gasteiger partial charge in [0.25, 0.3) is 0 Å². The third-order valence-corrected chi connectivity index (χ3v) is 3.49. The molecule has 126 valence electrons. The smallest absolute Gasteiger partial charge is 0.345 e. The van der Waals surface area contributed by atoms with Gasteiger partial charge < -0.3 is 20.7 Å². The first kappa shape index (κ1) is 17.5. The normalized spacial score (nSPS) is 13.0. The molecule has 0 radical (unpaired) electrons. The Morgan fingerprint density at radius 2 is 1.54 bits per heavy atom. The highest BCUT2D eigenvalue weighted by atomic mass is 16.6. The van der Waals surface area contributed by atoms with Crippen molar-refractivity contribution in [3.63, 3.8) is 0 Å². The van der Waals surface area contributed by atoms with Crippen LogP contribution in [-0.2, 0) is 27.2 Å². The molecule has 6 nitrogen and oxygen atoms in total. The highest BCUT2D eigenvalue weighted by Gasteiger charge is 2.26. The molecule has 2 aromatic rings. The van der Waals surface area contributed by atoms with Crippen LogP contribution in [0.25, 0.3) is 0 Å². The summed E-state index contributed by atoms with van der Waals surface area (Å²) in [5.41, 5.74) is 7.31. The predicted molar refractivity (Wildman–Crippen MR) is 87.4 cm³/mol. The molecule has 2 atom stereocenters. The topological polar surface area (TPSA) is 110 Å². The number of esters is 1. The molecular weight excluding hydrogens is 310 g/mol. The van der Waals surface area contributed by atoms with E-state index in [0.717, 1.165) is 5.56 Å². The molecular formula is C18H19NO5. The Balaban J connectivity index is 1.97. The van der Waals surface area contributed by atoms with E-state index in [0.29, 0.717) is 5.56 Å². The number of ether oxygens (including phenoxy) is 1. The van der Waals surface area contributed by atoms with E-state index in [2.05, 4.69) is 0 Å². The van der Waals surface area contributed by atoms with E-state index in [4.69, 9.17) is 10.5 Å². The fourth-order valence-corrected chi connectivity index (χ4v) is 2.20. The Bertz CT molecular complexity index is 684. The second kappa shape index (κ2) is 8.12. The summed E-state index contributed by atoms with van der Waals surface area (Å²) in [6.07, 6.45) is -1.06. The second-order valence-electron chi connectivity index (χ2n) is 5.43. The summed E-state index contributed by atoms with van der Waals surface area (Å²) in [6, 6.07) is 14.3. The molecule has 6 heteroatoms. The number of carbonyl (C=O) groups is 2. The van der Waals surface area contributed by atoms with Crippen LogP contribution in [0.4, 0.5) is 0 Å². The van der Waals surface area contributed by atoms with Crippen LogP contribution in [0, 0.1) is 0 Å². The highest BCUT2D eigenvalue weighted by Crippen LogP contribution is 2.13. The van der Waals surface area contributed by atoms with Crippen molar-refractivity contribution in [1.82, 2.24) is 0 Å². The van der Waals surface area contributed by atoms with Gasteiger partial charge in [0, 0.05) is 6.42 Å². The minimum atomic E-state index is -1.33. The molecule has 0 aliphatic carbocycles. The van der Waals surface area contributed by atoms with Gasteiger partial charge in [0.1, 0.15) is 11.8 Å². The molecule has 0 spiro atoms. The van der Waals surface area contributed by atoms with Crippen LogP contribution in [0.5, 0.6) is 5.75 Å². The lowest BCUT2D eigenvalue weighted by molar-refractivity contribution is -0.164. The second-order valence-corrected chi connectivity index (χ2v) is 5.43. The summed E-state index contributed by atoms with van der Waals surface area (Å²) in [5.74, 6) is -1.93. The summed E-state index contributed by atoms with van der Waals surface area (Å²) in [5, 5.41) is 18.5. The third-order valence-electron chi connectivity index (χ3n) is 3.49. The number of benzene rings is 2. The lowest BCUT2D eigenvalue weighted by Gasteiger charge is -2.17. The van der Waals surface area contributed by atoms with Crippen molar-refractivity contribution in [2.45, 2.75) is 25.0 Å². The number of nitrogens with two attached hydrogens (primary N) is 1. The summed E-state index contributed by atoms with van der Waals surface area (Å²) in [4.78, 5) is 23.4. The van der Waals surface area contributed by atoms with Crippen molar-refractivity contribution in [1.29, 1.82) is 0 Å². The van der Waals surface area contributed by atoms with E-state index in [1.807, 2.05) is 30.3 Å². The van der Waals surface area contributed by atoms with Crippen LogP contribution in [0.15, 0.2) is 54.6 Å². The maximum atomic E-state index is 12.1. The number of hydrogen-bond acceptors (Lipinski definition) is 5. The van der Waals surface area contributed by atoms with Gasteiger partial charge in [-0.25, -0.2) is 4.79 Å². The quantitative estimate of drug-likeness (QED) is 0.664. The number of carboxylic acids is 1. The number of aliphatic carboxylic acids is 1. The van der Waals surface area contributed by atoms with Gasteiger partial charge in [0.15, 0.2) is 0 Å². The van der Waals surface area contributed by atoms with Crippen LogP contribution < -0.4 is 5.73 Å². The zero-order valence-electron chi connectivity index (χ0n) is 13.0. The van der Waals surface area contributed by atoms with Crippen molar-refractivity contribution >= 4 is 11.9 Å². The maximum absolute atomic E-state index is 12.1. The Labute approximate surface area is 139 Å². The Morgan fingerprint density at radius 3 is 2.12 bits per heavy atom. The maximum Gasteiger partial charge on any atom is 0.345 e. The third kappa shape index (κ3) is 5.10. The molecule has 0 aliphatic heterocycles. The fourth-order valence-electron chi connectivity index (χ4n) is 2.20. The van der Waals surface area contributed by atoms with Gasteiger partial charge in [-0.2, -0.15) is 0 Å². The van der Waals surface area contributed by atoms with E-state index >= 15 is 0 Å². The average molecular weight is 329 g/mol. The molecule has 0 aromatic heterocycles. The van der Waals surface area contributed by atoms with Crippen LogP contribution >= 0.6 is 0 Å². The monoisotopic (exact) mass is 329 g/mol. The molecule has 0 amide bonds. The van der Waals surface area contributed by atoms with Gasteiger partial charge in [-0.3, -0.25) is 4.79 Å². The highest BCUT2D eigenvalue weighted by molar-refractivity contribution is 5.81. The molecule has 4 N–H and O–H groups in total. The van der Waals surface area contributed by atoms with E-state index in [9.17, 15) is 19.8 Å². The van der Waals surface area contributed by atoms with E-state index in [-0.39, 0.29) is 18.6 Å². The van der Waals surface area contributed by atoms with Gasteiger partial charge in [-0.05, 0) is 29.7 Å². The zero-order chi connectivity index (χ0) is 17.5. The molecule has 0 heterocycles. The van der Waals surface area contributed by atoms with Crippen molar-refractivity contribution in [2.75, 3.05) is 0 Å². The van der Waals surface area contributed by atoms with Crippen molar-refractivity contribution < 1.29 is 24.5 Å². The first-order valence-electron chi connectivity index (χ1n) is 7.46. The van der Waals surface area contributed by atoms with Crippen molar-refractivity contribution in [2.24, 2.45) is 5.73 Å². The molecule has 0 bridgehead atoms. The summed E-state index contributed by atoms with van der Waals surface area (Å²) in [7, 11) is 0. The van der Waals surface area contributed by atoms with Crippen LogP contribution in [0.3, 0.4) is 0 Å². The first-order chi connectivity index (χ1) is 11.5. The van der Waals surface area contributed by atoms with Gasteiger partial charge in [0.2, 0.25) is 6.10 Å². The molecule has 2 aromatic carbocycles. The molecule has 1 unspecified atom stereocenters. The fraction of sp³-hybridized carbons (Fsp3) is 0.222. The lowest BCUT2D eigenvalue weighted by Crippen LogP contribution is -2.39. The Kier molecular flexibility index (Phi) is 5.92. The number of carbonyl (C=O) groups excluding carboxylic acids is 1. The number of rotatable bonds is 7. The molecule has 0 saturated heterocycles. The number of carboxylic acid groups (broad SMARTS) is 1. The number of phenols is 1. The molecule has 2 rings (SSSR count). The molecule has 0 aliphatic rings. The summed E-state index contributed by atoms with van der Waals surface area (Å²) < 4.78 is 5.05. The first-order valence-corrected chi connectivity index (χ1v) is 7.46. The van der Waals surface area contributed by atoms with Gasteiger partial charge in [-0.1, -0.05) is 42.5 Å². The molecule has 0 fully saturated rings. The number of hydrogen-bond donors (Lipinski definition) is 3. The van der Waals surface area contributed by atoms with Crippen LogP contribution in [0.1, 0.15) is 11.1 Å².